The molecule has 0 unspecified atom stereocenters. The van der Waals surface area contributed by atoms with E-state index < -0.39 is 0 Å². The van der Waals surface area contributed by atoms with Crippen LogP contribution in [-0.2, 0) is 6.54 Å². The number of nitrogens with two attached hydrogens (primary N) is 1. The summed E-state index contributed by atoms with van der Waals surface area (Å²) in [6, 6.07) is 0. The lowest BCUT2D eigenvalue weighted by molar-refractivity contribution is 0.0464. The van der Waals surface area contributed by atoms with Gasteiger partial charge in [0.15, 0.2) is 0 Å². The van der Waals surface area contributed by atoms with Crippen LogP contribution in [0.15, 0.2) is 12.4 Å². The molecule has 5 heteroatoms. The van der Waals surface area contributed by atoms with Gasteiger partial charge in [0.25, 0.3) is 0 Å². The van der Waals surface area contributed by atoms with E-state index in [0.717, 1.165) is 30.9 Å². The van der Waals surface area contributed by atoms with Gasteiger partial charge in [-0.1, -0.05) is 0 Å². The molecule has 5 nitrogen and oxygen atoms in total. The van der Waals surface area contributed by atoms with E-state index >= 15 is 0 Å². The Morgan fingerprint density at radius 1 is 1.44 bits per heavy atom. The monoisotopic (exact) mass is 222 g/mol. The maximum Gasteiger partial charge on any atom is 0.146 e. The van der Waals surface area contributed by atoms with E-state index in [2.05, 4.69) is 14.9 Å². The van der Waals surface area contributed by atoms with Gasteiger partial charge in [0, 0.05) is 20.1 Å². The highest BCUT2D eigenvalue weighted by Crippen LogP contribution is 2.28. The summed E-state index contributed by atoms with van der Waals surface area (Å²) in [5.74, 6) is 1.44. The minimum Gasteiger partial charge on any atom is -0.393 e. The number of hydrogen-bond acceptors (Lipinski definition) is 5. The molecule has 1 heterocycles. The van der Waals surface area contributed by atoms with Crippen LogP contribution >= 0.6 is 0 Å². The number of nitrogens with zero attached hydrogens (tertiary/aromatic N) is 3. The quantitative estimate of drug-likeness (QED) is 0.758. The number of aliphatic hydroxyl groups excluding tert-OH is 1. The lowest BCUT2D eigenvalue weighted by Gasteiger charge is -2.34. The Labute approximate surface area is 95.3 Å². The lowest BCUT2D eigenvalue weighted by atomic mass is 9.82. The zero-order valence-corrected chi connectivity index (χ0v) is 9.50. The van der Waals surface area contributed by atoms with Crippen molar-refractivity contribution in [1.29, 1.82) is 0 Å². The summed E-state index contributed by atoms with van der Waals surface area (Å²) in [5.41, 5.74) is 6.26. The van der Waals surface area contributed by atoms with E-state index in [4.69, 9.17) is 5.73 Å². The topological polar surface area (TPSA) is 75.3 Å². The van der Waals surface area contributed by atoms with E-state index in [1.54, 1.807) is 12.4 Å². The molecule has 0 saturated heterocycles. The normalized spacial score (nSPS) is 23.9. The minimum atomic E-state index is -0.0934. The van der Waals surface area contributed by atoms with Crippen LogP contribution in [0, 0.1) is 5.92 Å². The summed E-state index contributed by atoms with van der Waals surface area (Å²) in [7, 11) is 2.00. The van der Waals surface area contributed by atoms with Crippen LogP contribution < -0.4 is 10.6 Å². The standard InChI is InChI=1S/C11H18N4O/c1-15(7-8-2-10(16)3-8)11-6-13-9(4-12)5-14-11/h5-6,8,10,16H,2-4,7,12H2,1H3. The largest absolute Gasteiger partial charge is 0.393 e. The predicted octanol–water partition coefficient (Wildman–Crippen LogP) is 0.142. The highest BCUT2D eigenvalue weighted by Gasteiger charge is 2.28. The van der Waals surface area contributed by atoms with Crippen LogP contribution in [0.5, 0.6) is 0 Å². The van der Waals surface area contributed by atoms with Crippen LogP contribution in [0.4, 0.5) is 5.82 Å². The van der Waals surface area contributed by atoms with E-state index in [-0.39, 0.29) is 6.10 Å². The lowest BCUT2D eigenvalue weighted by Crippen LogP contribution is -2.37. The highest BCUT2D eigenvalue weighted by atomic mass is 16.3. The Morgan fingerprint density at radius 2 is 2.19 bits per heavy atom. The van der Waals surface area contributed by atoms with Crippen molar-refractivity contribution in [3.8, 4) is 0 Å². The second kappa shape index (κ2) is 4.76. The number of aromatic nitrogens is 2. The summed E-state index contributed by atoms with van der Waals surface area (Å²) < 4.78 is 0. The van der Waals surface area contributed by atoms with Gasteiger partial charge in [-0.2, -0.15) is 0 Å². The maximum atomic E-state index is 9.21. The molecule has 0 aromatic carbocycles. The Bertz CT molecular complexity index is 334. The number of aliphatic hydroxyl groups is 1. The van der Waals surface area contributed by atoms with Crippen molar-refractivity contribution in [3.05, 3.63) is 18.1 Å². The van der Waals surface area contributed by atoms with Crippen molar-refractivity contribution in [2.45, 2.75) is 25.5 Å². The van der Waals surface area contributed by atoms with Gasteiger partial charge in [-0.05, 0) is 18.8 Å². The Balaban J connectivity index is 1.90. The smallest absolute Gasteiger partial charge is 0.146 e. The minimum absolute atomic E-state index is 0.0934. The molecule has 2 rings (SSSR count). The molecule has 1 aromatic heterocycles. The molecule has 1 aliphatic rings. The maximum absolute atomic E-state index is 9.21. The molecule has 0 amide bonds. The van der Waals surface area contributed by atoms with Gasteiger partial charge >= 0.3 is 0 Å². The molecule has 0 aliphatic heterocycles. The zero-order chi connectivity index (χ0) is 11.5. The molecule has 1 aromatic rings. The van der Waals surface area contributed by atoms with E-state index in [1.165, 1.54) is 0 Å². The molecule has 3 N–H and O–H groups in total. The van der Waals surface area contributed by atoms with Crippen molar-refractivity contribution in [1.82, 2.24) is 9.97 Å². The van der Waals surface area contributed by atoms with Crippen molar-refractivity contribution in [3.63, 3.8) is 0 Å². The molecule has 1 fully saturated rings. The van der Waals surface area contributed by atoms with Crippen molar-refractivity contribution >= 4 is 5.82 Å². The second-order valence-corrected chi connectivity index (χ2v) is 4.44. The van der Waals surface area contributed by atoms with E-state index in [9.17, 15) is 5.11 Å². The van der Waals surface area contributed by atoms with Gasteiger partial charge in [-0.15, -0.1) is 0 Å². The first-order chi connectivity index (χ1) is 7.69. The average molecular weight is 222 g/mol. The Kier molecular flexibility index (Phi) is 3.36. The highest BCUT2D eigenvalue weighted by molar-refractivity contribution is 5.34. The van der Waals surface area contributed by atoms with Crippen LogP contribution in [0.25, 0.3) is 0 Å². The first-order valence-electron chi connectivity index (χ1n) is 5.59. The molecule has 1 aliphatic carbocycles. The van der Waals surface area contributed by atoms with Gasteiger partial charge in [0.1, 0.15) is 5.82 Å². The fourth-order valence-corrected chi connectivity index (χ4v) is 1.98. The van der Waals surface area contributed by atoms with Crippen molar-refractivity contribution in [2.24, 2.45) is 11.7 Å². The zero-order valence-electron chi connectivity index (χ0n) is 9.50. The Hall–Kier alpha value is -1.20. The third-order valence-electron chi connectivity index (χ3n) is 3.03. The van der Waals surface area contributed by atoms with Gasteiger partial charge in [0.05, 0.1) is 24.2 Å². The van der Waals surface area contributed by atoms with Crippen molar-refractivity contribution < 1.29 is 5.11 Å². The third kappa shape index (κ3) is 2.48. The Morgan fingerprint density at radius 3 is 2.69 bits per heavy atom. The molecule has 0 bridgehead atoms. The third-order valence-corrected chi connectivity index (χ3v) is 3.03. The summed E-state index contributed by atoms with van der Waals surface area (Å²) in [5, 5.41) is 9.21. The predicted molar refractivity (Wildman–Crippen MR) is 61.9 cm³/mol. The van der Waals surface area contributed by atoms with Crippen LogP contribution in [0.3, 0.4) is 0 Å². The molecule has 0 atom stereocenters. The van der Waals surface area contributed by atoms with Crippen LogP contribution in [-0.4, -0.2) is 34.8 Å². The second-order valence-electron chi connectivity index (χ2n) is 4.44. The van der Waals surface area contributed by atoms with E-state index in [0.29, 0.717) is 12.5 Å². The molecule has 1 saturated carbocycles. The molecule has 0 radical (unpaired) electrons. The SMILES string of the molecule is CN(CC1CC(O)C1)c1cnc(CN)cn1. The molecule has 88 valence electrons. The van der Waals surface area contributed by atoms with Gasteiger partial charge in [-0.3, -0.25) is 4.98 Å². The van der Waals surface area contributed by atoms with Crippen LogP contribution in [0.2, 0.25) is 0 Å². The molecule has 0 spiro atoms. The number of rotatable bonds is 4. The van der Waals surface area contributed by atoms with Gasteiger partial charge in [0.2, 0.25) is 0 Å². The number of hydrogen-bond donors (Lipinski definition) is 2. The van der Waals surface area contributed by atoms with Crippen molar-refractivity contribution in [2.75, 3.05) is 18.5 Å². The molecular weight excluding hydrogens is 204 g/mol. The summed E-state index contributed by atoms with van der Waals surface area (Å²) >= 11 is 0. The van der Waals surface area contributed by atoms with Gasteiger partial charge < -0.3 is 15.7 Å². The summed E-state index contributed by atoms with van der Waals surface area (Å²) in [6.07, 6.45) is 5.17. The molecular formula is C11H18N4O. The fourth-order valence-electron chi connectivity index (χ4n) is 1.98. The van der Waals surface area contributed by atoms with E-state index in [1.807, 2.05) is 7.05 Å². The summed E-state index contributed by atoms with van der Waals surface area (Å²) in [6.45, 7) is 1.35. The summed E-state index contributed by atoms with van der Waals surface area (Å²) in [4.78, 5) is 10.6. The van der Waals surface area contributed by atoms with Gasteiger partial charge in [-0.25, -0.2) is 4.98 Å². The van der Waals surface area contributed by atoms with Crippen LogP contribution in [0.1, 0.15) is 18.5 Å². The fraction of sp³-hybridized carbons (Fsp3) is 0.636. The number of anilines is 1. The average Bonchev–Trinajstić information content (AvgIpc) is 2.27. The first-order valence-corrected chi connectivity index (χ1v) is 5.59. The molecule has 16 heavy (non-hydrogen) atoms. The first kappa shape index (κ1) is 11.3.